The fourth-order valence-corrected chi connectivity index (χ4v) is 2.62. The number of aliphatic carboxylic acids is 1. The summed E-state index contributed by atoms with van der Waals surface area (Å²) in [5, 5.41) is 20.1. The van der Waals surface area contributed by atoms with Crippen LogP contribution < -0.4 is 11.1 Å². The summed E-state index contributed by atoms with van der Waals surface area (Å²) >= 11 is 0. The summed E-state index contributed by atoms with van der Waals surface area (Å²) in [4.78, 5) is 23.7. The molecule has 0 aliphatic carbocycles. The van der Waals surface area contributed by atoms with Crippen LogP contribution in [0.2, 0.25) is 0 Å². The SMILES string of the molecule is Cc1cccc(Nc2nc(N)nc(CN3CCOCC(O)C3)n2)c1.O=C(O)C(F)(F)F. The Hall–Kier alpha value is -3.03. The molecule has 0 radical (unpaired) electrons. The van der Waals surface area contributed by atoms with E-state index < -0.39 is 18.2 Å². The maximum atomic E-state index is 10.6. The molecule has 0 amide bonds. The Bertz CT molecular complexity index is 884. The molecular weight excluding hydrogens is 421 g/mol. The van der Waals surface area contributed by atoms with Gasteiger partial charge in [0.25, 0.3) is 0 Å². The van der Waals surface area contributed by atoms with E-state index in [4.69, 9.17) is 20.4 Å². The van der Waals surface area contributed by atoms with Crippen molar-refractivity contribution in [2.75, 3.05) is 37.4 Å². The Balaban J connectivity index is 0.000000423. The van der Waals surface area contributed by atoms with Gasteiger partial charge in [-0.1, -0.05) is 12.1 Å². The fraction of sp³-hybridized carbons (Fsp3) is 0.444. The van der Waals surface area contributed by atoms with Crippen LogP contribution in [-0.2, 0) is 16.1 Å². The highest BCUT2D eigenvalue weighted by Gasteiger charge is 2.38. The van der Waals surface area contributed by atoms with E-state index >= 15 is 0 Å². The summed E-state index contributed by atoms with van der Waals surface area (Å²) in [6.45, 7) is 4.66. The number of rotatable bonds is 4. The Morgan fingerprint density at radius 1 is 1.35 bits per heavy atom. The number of aromatic nitrogens is 3. The molecule has 1 saturated heterocycles. The van der Waals surface area contributed by atoms with Crippen LogP contribution in [0, 0.1) is 6.92 Å². The Morgan fingerprint density at radius 3 is 2.71 bits per heavy atom. The summed E-state index contributed by atoms with van der Waals surface area (Å²) in [5.74, 6) is -1.62. The Kier molecular flexibility index (Phi) is 8.47. The van der Waals surface area contributed by atoms with E-state index in [2.05, 4.69) is 20.3 Å². The second kappa shape index (κ2) is 10.8. The van der Waals surface area contributed by atoms with Crippen molar-refractivity contribution in [1.29, 1.82) is 0 Å². The summed E-state index contributed by atoms with van der Waals surface area (Å²) in [6.07, 6.45) is -5.59. The summed E-state index contributed by atoms with van der Waals surface area (Å²) < 4.78 is 37.1. The van der Waals surface area contributed by atoms with Gasteiger partial charge in [-0.05, 0) is 24.6 Å². The van der Waals surface area contributed by atoms with Crippen LogP contribution in [0.4, 0.5) is 30.8 Å². The maximum absolute atomic E-state index is 10.6. The maximum Gasteiger partial charge on any atom is 0.490 e. The number of hydrogen-bond acceptors (Lipinski definition) is 9. The quantitative estimate of drug-likeness (QED) is 0.545. The number of alkyl halides is 3. The van der Waals surface area contributed by atoms with Gasteiger partial charge in [0.15, 0.2) is 0 Å². The molecule has 10 nitrogen and oxygen atoms in total. The van der Waals surface area contributed by atoms with E-state index in [1.54, 1.807) is 0 Å². The first kappa shape index (κ1) is 24.2. The molecule has 0 saturated carbocycles. The monoisotopic (exact) mass is 444 g/mol. The fourth-order valence-electron chi connectivity index (χ4n) is 2.62. The number of nitrogens with zero attached hydrogens (tertiary/aromatic N) is 4. The van der Waals surface area contributed by atoms with Crippen molar-refractivity contribution in [3.05, 3.63) is 35.7 Å². The lowest BCUT2D eigenvalue weighted by molar-refractivity contribution is -0.192. The van der Waals surface area contributed by atoms with E-state index in [0.717, 1.165) is 11.3 Å². The van der Waals surface area contributed by atoms with Crippen molar-refractivity contribution in [2.45, 2.75) is 25.7 Å². The molecule has 1 atom stereocenters. The summed E-state index contributed by atoms with van der Waals surface area (Å²) in [7, 11) is 0. The van der Waals surface area contributed by atoms with Gasteiger partial charge < -0.3 is 26.0 Å². The van der Waals surface area contributed by atoms with Crippen LogP contribution in [0.1, 0.15) is 11.4 Å². The largest absolute Gasteiger partial charge is 0.490 e. The van der Waals surface area contributed by atoms with Gasteiger partial charge in [-0.25, -0.2) is 4.79 Å². The Morgan fingerprint density at radius 2 is 2.06 bits per heavy atom. The number of halogens is 3. The number of nitrogens with one attached hydrogen (secondary N) is 1. The molecule has 2 aromatic rings. The average Bonchev–Trinajstić information content (AvgIpc) is 2.84. The van der Waals surface area contributed by atoms with E-state index in [1.165, 1.54) is 0 Å². The second-order valence-electron chi connectivity index (χ2n) is 6.69. The summed E-state index contributed by atoms with van der Waals surface area (Å²) in [5.41, 5.74) is 7.84. The lowest BCUT2D eigenvalue weighted by Gasteiger charge is -2.20. The van der Waals surface area contributed by atoms with Crippen molar-refractivity contribution in [3.63, 3.8) is 0 Å². The molecule has 1 aliphatic heterocycles. The van der Waals surface area contributed by atoms with Crippen molar-refractivity contribution < 1.29 is 32.9 Å². The number of nitrogen functional groups attached to an aromatic ring is 1. The molecule has 2 heterocycles. The van der Waals surface area contributed by atoms with Gasteiger partial charge >= 0.3 is 12.1 Å². The van der Waals surface area contributed by atoms with E-state index in [0.29, 0.717) is 44.6 Å². The van der Waals surface area contributed by atoms with Crippen molar-refractivity contribution >= 4 is 23.6 Å². The van der Waals surface area contributed by atoms with Gasteiger partial charge in [0, 0.05) is 18.8 Å². The number of hydrogen-bond donors (Lipinski definition) is 4. The molecule has 1 aromatic carbocycles. The van der Waals surface area contributed by atoms with Gasteiger partial charge in [-0.15, -0.1) is 0 Å². The zero-order chi connectivity index (χ0) is 23.0. The number of carboxylic acids is 1. The number of aryl methyl sites for hydroxylation is 1. The third-order valence-electron chi connectivity index (χ3n) is 3.91. The van der Waals surface area contributed by atoms with Crippen LogP contribution >= 0.6 is 0 Å². The number of carboxylic acid groups (broad SMARTS) is 1. The van der Waals surface area contributed by atoms with Crippen LogP contribution in [0.3, 0.4) is 0 Å². The van der Waals surface area contributed by atoms with Crippen LogP contribution in [0.5, 0.6) is 0 Å². The van der Waals surface area contributed by atoms with Gasteiger partial charge in [0.05, 0.1) is 25.9 Å². The van der Waals surface area contributed by atoms with Crippen LogP contribution in [0.15, 0.2) is 24.3 Å². The number of aliphatic hydroxyl groups excluding tert-OH is 1. The number of anilines is 3. The number of β-amino-alcohol motifs (C(OH)–C–C–N with tert-alkyl or cyclic N) is 1. The minimum absolute atomic E-state index is 0.168. The lowest BCUT2D eigenvalue weighted by atomic mass is 10.2. The van der Waals surface area contributed by atoms with Crippen LogP contribution in [-0.4, -0.2) is 74.6 Å². The molecule has 0 bridgehead atoms. The molecule has 1 aliphatic rings. The second-order valence-corrected chi connectivity index (χ2v) is 6.69. The summed E-state index contributed by atoms with van der Waals surface area (Å²) in [6, 6.07) is 7.92. The zero-order valence-corrected chi connectivity index (χ0v) is 16.6. The number of benzene rings is 1. The molecule has 170 valence electrons. The van der Waals surface area contributed by atoms with Gasteiger partial charge in [-0.3, -0.25) is 4.90 Å². The van der Waals surface area contributed by atoms with Crippen molar-refractivity contribution in [1.82, 2.24) is 19.9 Å². The highest BCUT2D eigenvalue weighted by atomic mass is 19.4. The van der Waals surface area contributed by atoms with Gasteiger partial charge in [0.1, 0.15) is 5.82 Å². The third kappa shape index (κ3) is 8.70. The van der Waals surface area contributed by atoms with Crippen molar-refractivity contribution in [2.24, 2.45) is 0 Å². The van der Waals surface area contributed by atoms with Gasteiger partial charge in [-0.2, -0.15) is 28.1 Å². The van der Waals surface area contributed by atoms with E-state index in [9.17, 15) is 18.3 Å². The molecule has 1 unspecified atom stereocenters. The van der Waals surface area contributed by atoms with E-state index in [1.807, 2.05) is 36.1 Å². The third-order valence-corrected chi connectivity index (χ3v) is 3.91. The van der Waals surface area contributed by atoms with Crippen molar-refractivity contribution in [3.8, 4) is 0 Å². The molecule has 1 fully saturated rings. The minimum Gasteiger partial charge on any atom is -0.475 e. The number of nitrogens with two attached hydrogens (primary N) is 1. The molecule has 13 heteroatoms. The Labute approximate surface area is 175 Å². The van der Waals surface area contributed by atoms with E-state index in [-0.39, 0.29) is 5.95 Å². The molecule has 31 heavy (non-hydrogen) atoms. The predicted octanol–water partition coefficient (Wildman–Crippen LogP) is 1.33. The number of ether oxygens (including phenoxy) is 1. The zero-order valence-electron chi connectivity index (χ0n) is 16.6. The first-order chi connectivity index (χ1) is 14.5. The molecule has 3 rings (SSSR count). The molecule has 1 aromatic heterocycles. The molecule has 0 spiro atoms. The number of carbonyl (C=O) groups is 1. The highest BCUT2D eigenvalue weighted by Crippen LogP contribution is 2.16. The lowest BCUT2D eigenvalue weighted by Crippen LogP contribution is -2.33. The smallest absolute Gasteiger partial charge is 0.475 e. The minimum atomic E-state index is -5.08. The first-order valence-corrected chi connectivity index (χ1v) is 9.15. The predicted molar refractivity (Wildman–Crippen MR) is 104 cm³/mol. The van der Waals surface area contributed by atoms with Crippen LogP contribution in [0.25, 0.3) is 0 Å². The number of aliphatic hydroxyl groups is 1. The standard InChI is InChI=1S/C16H22N6O2.C2HF3O2/c1-11-3-2-4-12(7-11)18-16-20-14(19-15(17)21-16)9-22-5-6-24-10-13(23)8-22;3-2(4,5)1(6)7/h2-4,7,13,23H,5-6,8-10H2,1H3,(H3,17,18,19,20,21);(H,6,7). The van der Waals surface area contributed by atoms with Gasteiger partial charge in [0.2, 0.25) is 11.9 Å². The molecule has 5 N–H and O–H groups in total. The topological polar surface area (TPSA) is 147 Å². The normalized spacial score (nSPS) is 17.3. The first-order valence-electron chi connectivity index (χ1n) is 9.15. The average molecular weight is 444 g/mol. The molecular formula is C18H23F3N6O4. The highest BCUT2D eigenvalue weighted by molar-refractivity contribution is 5.73.